The van der Waals surface area contributed by atoms with Gasteiger partial charge in [-0.2, -0.15) is 5.26 Å². The Morgan fingerprint density at radius 2 is 1.89 bits per heavy atom. The molecule has 0 radical (unpaired) electrons. The summed E-state index contributed by atoms with van der Waals surface area (Å²) in [6.07, 6.45) is 9.59. The first-order valence-corrected chi connectivity index (χ1v) is 19.6. The van der Waals surface area contributed by atoms with Crippen LogP contribution in [0.15, 0.2) is 30.5 Å². The van der Waals surface area contributed by atoms with E-state index < -0.39 is 25.2 Å². The van der Waals surface area contributed by atoms with Crippen molar-refractivity contribution in [3.63, 3.8) is 0 Å². The highest BCUT2D eigenvalue weighted by Gasteiger charge is 2.55. The zero-order valence-corrected chi connectivity index (χ0v) is 27.9. The quantitative estimate of drug-likeness (QED) is 0.206. The average molecular weight is 621 g/mol. The number of fused-ring (bicyclic) bond motifs is 2. The van der Waals surface area contributed by atoms with Crippen LogP contribution in [-0.2, 0) is 16.2 Å². The molecule has 5 rings (SSSR count). The number of amides is 1. The smallest absolute Gasteiger partial charge is 0.291 e. The number of rotatable bonds is 11. The maximum atomic E-state index is 13.7. The molecule has 1 aromatic heterocycles. The minimum Gasteiger partial charge on any atom is -0.393 e. The minimum atomic E-state index is -1.27. The molecule has 9 nitrogen and oxygen atoms in total. The van der Waals surface area contributed by atoms with Crippen LogP contribution >= 0.6 is 0 Å². The zero-order valence-electron chi connectivity index (χ0n) is 26.9. The van der Waals surface area contributed by atoms with E-state index in [1.165, 1.54) is 5.57 Å². The maximum absolute atomic E-state index is 13.7. The molecule has 2 bridgehead atoms. The Labute approximate surface area is 262 Å². The van der Waals surface area contributed by atoms with Crippen molar-refractivity contribution in [2.45, 2.75) is 108 Å². The number of anilines is 1. The molecule has 3 aliphatic rings. The van der Waals surface area contributed by atoms with Crippen molar-refractivity contribution < 1.29 is 24.5 Å². The number of hydrogen-bond acceptors (Lipinski definition) is 7. The lowest BCUT2D eigenvalue weighted by molar-refractivity contribution is -0.177. The minimum absolute atomic E-state index is 0.0638. The van der Waals surface area contributed by atoms with Gasteiger partial charge in [0, 0.05) is 32.1 Å². The van der Waals surface area contributed by atoms with Gasteiger partial charge in [-0.3, -0.25) is 4.79 Å². The molecule has 238 valence electrons. The number of nitriles is 1. The van der Waals surface area contributed by atoms with Gasteiger partial charge in [0.05, 0.1) is 24.4 Å². The van der Waals surface area contributed by atoms with Gasteiger partial charge in [0.15, 0.2) is 5.69 Å². The summed E-state index contributed by atoms with van der Waals surface area (Å²) in [4.78, 5) is 18.0. The van der Waals surface area contributed by atoms with Crippen LogP contribution in [-0.4, -0.2) is 64.8 Å². The average Bonchev–Trinajstić information content (AvgIpc) is 3.53. The molecule has 2 saturated heterocycles. The Morgan fingerprint density at radius 3 is 2.48 bits per heavy atom. The highest BCUT2D eigenvalue weighted by molar-refractivity contribution is 6.76. The molecule has 1 amide bonds. The van der Waals surface area contributed by atoms with Gasteiger partial charge in [0.1, 0.15) is 12.8 Å². The molecule has 1 aromatic carbocycles. The monoisotopic (exact) mass is 620 g/mol. The number of carbonyl (C=O) groups excluding carboxylic acids is 1. The fourth-order valence-corrected chi connectivity index (χ4v) is 7.60. The Hall–Kier alpha value is -2.81. The number of ether oxygens (including phenoxy) is 2. The summed E-state index contributed by atoms with van der Waals surface area (Å²) in [6, 6.07) is 9.23. The summed E-state index contributed by atoms with van der Waals surface area (Å²) in [7, 11) is -1.27. The largest absolute Gasteiger partial charge is 0.393 e. The van der Waals surface area contributed by atoms with E-state index in [0.717, 1.165) is 49.3 Å². The standard InChI is InChI=1S/C34H48N4O5Si/c1-32(2)10-8-24(9-11-32)28-16-25(26-17-33(21-39)12-13-34(18-26,22-40)43-33)6-7-29(28)37-31(41)30-36-27(19-35)20-38(30)23-42-14-15-44(3,4)5/h6-8,16,20,26,39-40H,9-15,17-18,21-23H2,1-5H3,(H,37,41)/t26-,33-,34+. The fourth-order valence-electron chi connectivity index (χ4n) is 6.84. The number of nitrogens with zero attached hydrogens (tertiary/aromatic N) is 3. The first-order chi connectivity index (χ1) is 20.8. The Kier molecular flexibility index (Phi) is 9.27. The predicted octanol–water partition coefficient (Wildman–Crippen LogP) is 6.06. The zero-order chi connectivity index (χ0) is 31.8. The first kappa shape index (κ1) is 32.6. The van der Waals surface area contributed by atoms with Crippen molar-refractivity contribution in [3.8, 4) is 6.07 Å². The van der Waals surface area contributed by atoms with E-state index in [1.807, 2.05) is 18.2 Å². The number of hydrogen-bond donors (Lipinski definition) is 3. The molecule has 0 unspecified atom stereocenters. The molecule has 44 heavy (non-hydrogen) atoms. The van der Waals surface area contributed by atoms with Crippen LogP contribution in [0.2, 0.25) is 25.7 Å². The van der Waals surface area contributed by atoms with Crippen LogP contribution in [0.25, 0.3) is 5.57 Å². The second-order valence-corrected chi connectivity index (χ2v) is 20.7. The van der Waals surface area contributed by atoms with Crippen LogP contribution in [0.4, 0.5) is 5.69 Å². The van der Waals surface area contributed by atoms with E-state index in [0.29, 0.717) is 25.1 Å². The van der Waals surface area contributed by atoms with Gasteiger partial charge in [0.25, 0.3) is 5.91 Å². The van der Waals surface area contributed by atoms with Crippen molar-refractivity contribution in [1.29, 1.82) is 5.26 Å². The summed E-state index contributed by atoms with van der Waals surface area (Å²) in [5.41, 5.74) is 3.13. The lowest BCUT2D eigenvalue weighted by atomic mass is 9.75. The molecule has 10 heteroatoms. The van der Waals surface area contributed by atoms with Gasteiger partial charge < -0.3 is 29.6 Å². The van der Waals surface area contributed by atoms with Gasteiger partial charge >= 0.3 is 0 Å². The normalized spacial score (nSPS) is 26.2. The Morgan fingerprint density at radius 1 is 1.18 bits per heavy atom. The highest BCUT2D eigenvalue weighted by Crippen LogP contribution is 2.53. The topological polar surface area (TPSA) is 130 Å². The molecule has 2 fully saturated rings. The van der Waals surface area contributed by atoms with Crippen LogP contribution < -0.4 is 5.32 Å². The number of aliphatic hydroxyl groups is 2. The highest BCUT2D eigenvalue weighted by atomic mass is 28.3. The molecule has 1 aliphatic carbocycles. The van der Waals surface area contributed by atoms with Crippen LogP contribution in [0.1, 0.15) is 92.2 Å². The number of nitrogens with one attached hydrogen (secondary N) is 1. The van der Waals surface area contributed by atoms with E-state index in [1.54, 1.807) is 10.8 Å². The summed E-state index contributed by atoms with van der Waals surface area (Å²) in [5.74, 6) is -0.146. The molecule has 3 N–H and O–H groups in total. The predicted molar refractivity (Wildman–Crippen MR) is 173 cm³/mol. The summed E-state index contributed by atoms with van der Waals surface area (Å²) in [6.45, 7) is 12.0. The van der Waals surface area contributed by atoms with E-state index in [2.05, 4.69) is 55.9 Å². The molecule has 3 atom stereocenters. The van der Waals surface area contributed by atoms with Crippen molar-refractivity contribution in [3.05, 3.63) is 53.1 Å². The molecule has 2 aliphatic heterocycles. The number of allylic oxidation sites excluding steroid dienone is 2. The maximum Gasteiger partial charge on any atom is 0.291 e. The number of carbonyl (C=O) groups is 1. The third kappa shape index (κ3) is 7.18. The summed E-state index contributed by atoms with van der Waals surface area (Å²) < 4.78 is 13.8. The van der Waals surface area contributed by atoms with Crippen molar-refractivity contribution in [2.24, 2.45) is 5.41 Å². The molecular weight excluding hydrogens is 572 g/mol. The van der Waals surface area contributed by atoms with Crippen LogP contribution in [0.3, 0.4) is 0 Å². The Bertz CT molecular complexity index is 1430. The Balaban J connectivity index is 1.43. The van der Waals surface area contributed by atoms with Gasteiger partial charge in [-0.1, -0.05) is 45.6 Å². The van der Waals surface area contributed by atoms with Gasteiger partial charge in [0.2, 0.25) is 5.82 Å². The van der Waals surface area contributed by atoms with Crippen molar-refractivity contribution in [2.75, 3.05) is 25.1 Å². The van der Waals surface area contributed by atoms with E-state index >= 15 is 0 Å². The van der Waals surface area contributed by atoms with Crippen molar-refractivity contribution in [1.82, 2.24) is 9.55 Å². The molecular formula is C34H48N4O5Si. The molecule has 0 saturated carbocycles. The van der Waals surface area contributed by atoms with Crippen LogP contribution in [0.5, 0.6) is 0 Å². The number of imidazole rings is 1. The summed E-state index contributed by atoms with van der Waals surface area (Å²) in [5, 5.41) is 33.1. The SMILES string of the molecule is CC1(C)CC=C(c2cc([C@H]3C[C@]4(CO)CC[C@](CO)(C3)O4)ccc2NC(=O)c2nc(C#N)cn2COCC[Si](C)(C)C)CC1. The van der Waals surface area contributed by atoms with Crippen LogP contribution in [0, 0.1) is 16.7 Å². The van der Waals surface area contributed by atoms with E-state index in [-0.39, 0.29) is 42.8 Å². The third-order valence-electron chi connectivity index (χ3n) is 9.68. The first-order valence-electron chi connectivity index (χ1n) is 15.9. The second kappa shape index (κ2) is 12.5. The van der Waals surface area contributed by atoms with E-state index in [4.69, 9.17) is 9.47 Å². The summed E-state index contributed by atoms with van der Waals surface area (Å²) >= 11 is 0. The second-order valence-electron chi connectivity index (χ2n) is 15.1. The molecule has 2 aromatic rings. The van der Waals surface area contributed by atoms with Gasteiger partial charge in [-0.25, -0.2) is 4.98 Å². The number of benzene rings is 1. The lowest BCUT2D eigenvalue weighted by Gasteiger charge is -2.43. The lowest BCUT2D eigenvalue weighted by Crippen LogP contribution is -2.47. The fraction of sp³-hybridized carbons (Fsp3) is 0.618. The number of aromatic nitrogens is 2. The van der Waals surface area contributed by atoms with Gasteiger partial charge in [-0.15, -0.1) is 0 Å². The number of aliphatic hydroxyl groups excluding tert-OH is 2. The van der Waals surface area contributed by atoms with E-state index in [9.17, 15) is 20.3 Å². The molecule has 0 spiro atoms. The molecule has 3 heterocycles. The van der Waals surface area contributed by atoms with Gasteiger partial charge in [-0.05, 0) is 85.6 Å². The third-order valence-corrected chi connectivity index (χ3v) is 11.4. The van der Waals surface area contributed by atoms with Crippen molar-refractivity contribution >= 4 is 25.2 Å².